The van der Waals surface area contributed by atoms with Gasteiger partial charge in [0.1, 0.15) is 17.5 Å². The lowest BCUT2D eigenvalue weighted by Gasteiger charge is -2.32. The maximum absolute atomic E-state index is 5.44. The summed E-state index contributed by atoms with van der Waals surface area (Å²) in [4.78, 5) is 13.5. The largest absolute Gasteiger partial charge is 0.379 e. The highest BCUT2D eigenvalue weighted by Crippen LogP contribution is 2.26. The van der Waals surface area contributed by atoms with E-state index in [9.17, 15) is 0 Å². The van der Waals surface area contributed by atoms with Crippen molar-refractivity contribution in [2.24, 2.45) is 7.05 Å². The van der Waals surface area contributed by atoms with Crippen LogP contribution in [0, 0.1) is 6.92 Å². The zero-order valence-electron chi connectivity index (χ0n) is 16.3. The van der Waals surface area contributed by atoms with E-state index in [4.69, 9.17) is 4.74 Å². The second-order valence-electron chi connectivity index (χ2n) is 7.63. The Hall–Kier alpha value is -1.90. The Morgan fingerprint density at radius 1 is 1.04 bits per heavy atom. The Morgan fingerprint density at radius 2 is 1.81 bits per heavy atom. The molecule has 0 spiro atoms. The number of aromatic nitrogens is 5. The first-order chi connectivity index (χ1) is 13.2. The van der Waals surface area contributed by atoms with E-state index >= 15 is 0 Å². The molecule has 2 aromatic heterocycles. The second kappa shape index (κ2) is 8.41. The zero-order chi connectivity index (χ0) is 18.6. The lowest BCUT2D eigenvalue weighted by molar-refractivity contribution is 0.0326. The summed E-state index contributed by atoms with van der Waals surface area (Å²) in [5, 5.41) is 9.06. The van der Waals surface area contributed by atoms with Gasteiger partial charge >= 0.3 is 0 Å². The molecule has 0 aromatic carbocycles. The minimum absolute atomic E-state index is 0.432. The van der Waals surface area contributed by atoms with Gasteiger partial charge in [-0.25, -0.2) is 9.97 Å². The van der Waals surface area contributed by atoms with E-state index < -0.39 is 0 Å². The van der Waals surface area contributed by atoms with Gasteiger partial charge in [0.15, 0.2) is 0 Å². The minimum Gasteiger partial charge on any atom is -0.379 e. The fraction of sp³-hybridized carbons (Fsp3) is 0.684. The molecule has 0 N–H and O–H groups in total. The van der Waals surface area contributed by atoms with Crippen LogP contribution >= 0.6 is 0 Å². The van der Waals surface area contributed by atoms with Gasteiger partial charge in [-0.15, -0.1) is 10.2 Å². The predicted octanol–water partition coefficient (Wildman–Crippen LogP) is 1.13. The first-order valence-electron chi connectivity index (χ1n) is 9.87. The normalized spacial score (nSPS) is 22.2. The molecule has 1 atom stereocenters. The molecule has 2 aliphatic rings. The summed E-state index contributed by atoms with van der Waals surface area (Å²) < 4.78 is 7.64. The SMILES string of the molecule is Cc1ncc(CN2CCC[C@@H](c3nnc(CN4CCOCC4)n3C)C2)cn1. The number of morpholine rings is 1. The molecule has 27 heavy (non-hydrogen) atoms. The maximum atomic E-state index is 5.44. The highest BCUT2D eigenvalue weighted by atomic mass is 16.5. The predicted molar refractivity (Wildman–Crippen MR) is 101 cm³/mol. The van der Waals surface area contributed by atoms with Crippen LogP contribution in [0.5, 0.6) is 0 Å². The summed E-state index contributed by atoms with van der Waals surface area (Å²) in [5.74, 6) is 3.42. The van der Waals surface area contributed by atoms with E-state index in [-0.39, 0.29) is 0 Å². The number of hydrogen-bond donors (Lipinski definition) is 0. The summed E-state index contributed by atoms with van der Waals surface area (Å²) in [6.45, 7) is 9.36. The van der Waals surface area contributed by atoms with Crippen LogP contribution in [0.25, 0.3) is 0 Å². The monoisotopic (exact) mass is 371 g/mol. The highest BCUT2D eigenvalue weighted by molar-refractivity contribution is 5.07. The van der Waals surface area contributed by atoms with Crippen LogP contribution in [0.1, 0.15) is 41.8 Å². The van der Waals surface area contributed by atoms with E-state index in [1.165, 1.54) is 18.4 Å². The minimum atomic E-state index is 0.432. The fourth-order valence-corrected chi connectivity index (χ4v) is 4.00. The van der Waals surface area contributed by atoms with Crippen LogP contribution in [0.4, 0.5) is 0 Å². The molecule has 2 saturated heterocycles. The van der Waals surface area contributed by atoms with Crippen molar-refractivity contribution in [2.45, 2.75) is 38.8 Å². The molecule has 146 valence electrons. The lowest BCUT2D eigenvalue weighted by atomic mass is 9.97. The number of piperidine rings is 1. The number of nitrogens with zero attached hydrogens (tertiary/aromatic N) is 7. The van der Waals surface area contributed by atoms with Crippen molar-refractivity contribution in [2.75, 3.05) is 39.4 Å². The molecule has 8 heteroatoms. The third-order valence-corrected chi connectivity index (χ3v) is 5.58. The number of rotatable bonds is 5. The summed E-state index contributed by atoms with van der Waals surface area (Å²) >= 11 is 0. The average molecular weight is 371 g/mol. The molecule has 2 aromatic rings. The topological polar surface area (TPSA) is 72.2 Å². The molecule has 8 nitrogen and oxygen atoms in total. The standard InChI is InChI=1S/C19H29N7O/c1-15-20-10-16(11-21-15)12-26-5-3-4-17(13-26)19-23-22-18(24(19)2)14-25-6-8-27-9-7-25/h10-11,17H,3-9,12-14H2,1-2H3/t17-/m1/s1. The van der Waals surface area contributed by atoms with E-state index in [0.29, 0.717) is 5.92 Å². The van der Waals surface area contributed by atoms with Crippen molar-refractivity contribution >= 4 is 0 Å². The third-order valence-electron chi connectivity index (χ3n) is 5.58. The second-order valence-corrected chi connectivity index (χ2v) is 7.63. The Labute approximate surface area is 160 Å². The molecule has 0 bridgehead atoms. The quantitative estimate of drug-likeness (QED) is 0.780. The smallest absolute Gasteiger partial charge is 0.146 e. The van der Waals surface area contributed by atoms with Crippen LogP contribution in [-0.2, 0) is 24.9 Å². The first kappa shape index (κ1) is 18.5. The van der Waals surface area contributed by atoms with Crippen molar-refractivity contribution in [1.82, 2.24) is 34.5 Å². The Kier molecular flexibility index (Phi) is 5.75. The van der Waals surface area contributed by atoms with Gasteiger partial charge in [0.25, 0.3) is 0 Å². The summed E-state index contributed by atoms with van der Waals surface area (Å²) in [6.07, 6.45) is 6.23. The summed E-state index contributed by atoms with van der Waals surface area (Å²) in [5.41, 5.74) is 1.17. The van der Waals surface area contributed by atoms with E-state index in [1.54, 1.807) is 0 Å². The molecule has 4 rings (SSSR count). The molecule has 4 heterocycles. The van der Waals surface area contributed by atoms with Crippen molar-refractivity contribution in [3.8, 4) is 0 Å². The zero-order valence-corrected chi connectivity index (χ0v) is 16.3. The van der Waals surface area contributed by atoms with Gasteiger partial charge in [-0.3, -0.25) is 9.80 Å². The van der Waals surface area contributed by atoms with Gasteiger partial charge in [0.2, 0.25) is 0 Å². The maximum Gasteiger partial charge on any atom is 0.146 e. The van der Waals surface area contributed by atoms with E-state index in [1.807, 2.05) is 19.3 Å². The molecule has 2 fully saturated rings. The van der Waals surface area contributed by atoms with Crippen LogP contribution < -0.4 is 0 Å². The number of likely N-dealkylation sites (tertiary alicyclic amines) is 1. The molecule has 0 amide bonds. The average Bonchev–Trinajstić information content (AvgIpc) is 3.05. The van der Waals surface area contributed by atoms with Crippen LogP contribution in [0.3, 0.4) is 0 Å². The van der Waals surface area contributed by atoms with Gasteiger partial charge in [-0.05, 0) is 26.3 Å². The van der Waals surface area contributed by atoms with Crippen molar-refractivity contribution < 1.29 is 4.74 Å². The van der Waals surface area contributed by atoms with Gasteiger partial charge < -0.3 is 9.30 Å². The van der Waals surface area contributed by atoms with Crippen molar-refractivity contribution in [1.29, 1.82) is 0 Å². The highest BCUT2D eigenvalue weighted by Gasteiger charge is 2.26. The van der Waals surface area contributed by atoms with Crippen LogP contribution in [0.15, 0.2) is 12.4 Å². The van der Waals surface area contributed by atoms with Gasteiger partial charge in [-0.1, -0.05) is 0 Å². The molecular formula is C19H29N7O. The molecular weight excluding hydrogens is 342 g/mol. The number of ether oxygens (including phenoxy) is 1. The van der Waals surface area contributed by atoms with Crippen molar-refractivity contribution in [3.05, 3.63) is 35.4 Å². The Morgan fingerprint density at radius 3 is 2.59 bits per heavy atom. The first-order valence-corrected chi connectivity index (χ1v) is 9.87. The molecule has 0 aliphatic carbocycles. The third kappa shape index (κ3) is 4.51. The van der Waals surface area contributed by atoms with Crippen LogP contribution in [-0.4, -0.2) is 73.9 Å². The van der Waals surface area contributed by atoms with Crippen LogP contribution in [0.2, 0.25) is 0 Å². The number of aryl methyl sites for hydroxylation is 1. The van der Waals surface area contributed by atoms with Gasteiger partial charge in [-0.2, -0.15) is 0 Å². The fourth-order valence-electron chi connectivity index (χ4n) is 4.00. The molecule has 2 aliphatic heterocycles. The Balaban J connectivity index is 1.39. The molecule has 0 radical (unpaired) electrons. The van der Waals surface area contributed by atoms with Crippen molar-refractivity contribution in [3.63, 3.8) is 0 Å². The van der Waals surface area contributed by atoms with E-state index in [0.717, 1.165) is 70.0 Å². The number of hydrogen-bond acceptors (Lipinski definition) is 7. The lowest BCUT2D eigenvalue weighted by Crippen LogP contribution is -2.36. The molecule has 0 saturated carbocycles. The van der Waals surface area contributed by atoms with Gasteiger partial charge in [0, 0.05) is 57.1 Å². The Bertz CT molecular complexity index is 739. The summed E-state index contributed by atoms with van der Waals surface area (Å²) in [6, 6.07) is 0. The molecule has 0 unspecified atom stereocenters. The van der Waals surface area contributed by atoms with Gasteiger partial charge in [0.05, 0.1) is 19.8 Å². The van der Waals surface area contributed by atoms with E-state index in [2.05, 4.69) is 41.6 Å². The summed E-state index contributed by atoms with van der Waals surface area (Å²) in [7, 11) is 2.11.